The van der Waals surface area contributed by atoms with Gasteiger partial charge in [0.05, 0.1) is 6.10 Å². The molecule has 0 fully saturated rings. The van der Waals surface area contributed by atoms with Crippen LogP contribution in [-0.2, 0) is 6.42 Å². The van der Waals surface area contributed by atoms with Gasteiger partial charge in [0.2, 0.25) is 5.95 Å². The summed E-state index contributed by atoms with van der Waals surface area (Å²) in [4.78, 5) is 23.6. The Hall–Kier alpha value is -2.71. The lowest BCUT2D eigenvalue weighted by Gasteiger charge is -2.27. The van der Waals surface area contributed by atoms with Crippen molar-refractivity contribution in [3.8, 4) is 0 Å². The number of fused-ring (bicyclic) bond motifs is 1. The smallest absolute Gasteiger partial charge is 0.280 e. The van der Waals surface area contributed by atoms with E-state index in [-0.39, 0.29) is 17.5 Å². The molecular weight excluding hydrogens is 332 g/mol. The fraction of sp³-hybridized carbons (Fsp3) is 0.389. The number of aromatic nitrogens is 4. The lowest BCUT2D eigenvalue weighted by Crippen LogP contribution is -2.40. The number of hydrogen-bond acceptors (Lipinski definition) is 6. The summed E-state index contributed by atoms with van der Waals surface area (Å²) < 4.78 is 1.78. The van der Waals surface area contributed by atoms with E-state index < -0.39 is 17.8 Å². The van der Waals surface area contributed by atoms with Crippen LogP contribution in [0.2, 0.25) is 0 Å². The number of H-pyrrole nitrogens is 1. The molecule has 0 aliphatic carbocycles. The van der Waals surface area contributed by atoms with Gasteiger partial charge in [0.25, 0.3) is 5.56 Å². The third-order valence-electron chi connectivity index (χ3n) is 4.09. The van der Waals surface area contributed by atoms with Crippen molar-refractivity contribution in [1.29, 1.82) is 0 Å². The molecule has 2 aromatic heterocycles. The number of rotatable bonds is 6. The molecule has 3 aromatic rings. The fourth-order valence-electron chi connectivity index (χ4n) is 3.01. The van der Waals surface area contributed by atoms with Gasteiger partial charge in [-0.25, -0.2) is 4.98 Å². The minimum Gasteiger partial charge on any atom is -0.390 e. The van der Waals surface area contributed by atoms with Gasteiger partial charge in [0, 0.05) is 12.5 Å². The summed E-state index contributed by atoms with van der Waals surface area (Å²) in [7, 11) is 0. The number of benzene rings is 1. The van der Waals surface area contributed by atoms with E-state index in [9.17, 15) is 9.90 Å². The van der Waals surface area contributed by atoms with Crippen LogP contribution >= 0.6 is 0 Å². The van der Waals surface area contributed by atoms with Crippen LogP contribution in [0, 0.1) is 0 Å². The Bertz CT molecular complexity index is 945. The first kappa shape index (κ1) is 18.1. The van der Waals surface area contributed by atoms with Gasteiger partial charge >= 0.3 is 0 Å². The SMILES string of the molecule is CC(C)NC([C@H](C)O)n1c(Cc2ccccc2)nc2c(=O)[nH]c(N)nc21. The molecule has 0 amide bonds. The van der Waals surface area contributed by atoms with Crippen LogP contribution in [-0.4, -0.2) is 36.8 Å². The largest absolute Gasteiger partial charge is 0.390 e. The molecule has 0 aliphatic heterocycles. The maximum atomic E-state index is 12.3. The van der Waals surface area contributed by atoms with Crippen molar-refractivity contribution in [3.63, 3.8) is 0 Å². The molecule has 1 aromatic carbocycles. The normalized spacial score (nSPS) is 14.0. The van der Waals surface area contributed by atoms with Gasteiger partial charge < -0.3 is 10.8 Å². The maximum absolute atomic E-state index is 12.3. The molecule has 0 spiro atoms. The minimum atomic E-state index is -0.730. The van der Waals surface area contributed by atoms with Crippen LogP contribution in [0.4, 0.5) is 5.95 Å². The standard InChI is InChI=1S/C18H24N6O2/c1-10(2)20-15(11(3)25)24-13(9-12-7-5-4-6-8-12)21-14-16(24)22-18(19)23-17(14)26/h4-8,10-11,15,20,25H,9H2,1-3H3,(H3,19,22,23,26)/t11-,15?/m0/s1. The fourth-order valence-corrected chi connectivity index (χ4v) is 3.01. The molecule has 138 valence electrons. The van der Waals surface area contributed by atoms with Crippen LogP contribution in [0.1, 0.15) is 38.3 Å². The highest BCUT2D eigenvalue weighted by molar-refractivity contribution is 5.72. The van der Waals surface area contributed by atoms with Crippen molar-refractivity contribution < 1.29 is 5.11 Å². The van der Waals surface area contributed by atoms with Gasteiger partial charge in [-0.15, -0.1) is 0 Å². The molecule has 8 nitrogen and oxygen atoms in total. The summed E-state index contributed by atoms with van der Waals surface area (Å²) >= 11 is 0. The predicted molar refractivity (Wildman–Crippen MR) is 101 cm³/mol. The summed E-state index contributed by atoms with van der Waals surface area (Å²) in [6, 6.07) is 9.92. The first-order valence-electron chi connectivity index (χ1n) is 8.61. The maximum Gasteiger partial charge on any atom is 0.280 e. The summed E-state index contributed by atoms with van der Waals surface area (Å²) in [5, 5.41) is 13.7. The second-order valence-corrected chi connectivity index (χ2v) is 6.69. The Labute approximate surface area is 151 Å². The zero-order valence-corrected chi connectivity index (χ0v) is 15.1. The Morgan fingerprint density at radius 2 is 1.92 bits per heavy atom. The van der Waals surface area contributed by atoms with E-state index in [1.165, 1.54) is 0 Å². The van der Waals surface area contributed by atoms with Crippen molar-refractivity contribution in [2.24, 2.45) is 0 Å². The second-order valence-electron chi connectivity index (χ2n) is 6.69. The highest BCUT2D eigenvalue weighted by Gasteiger charge is 2.26. The number of nitrogens with zero attached hydrogens (tertiary/aromatic N) is 3. The van der Waals surface area contributed by atoms with Gasteiger partial charge in [0.15, 0.2) is 11.2 Å². The molecule has 26 heavy (non-hydrogen) atoms. The van der Waals surface area contributed by atoms with Crippen LogP contribution in [0.3, 0.4) is 0 Å². The molecule has 0 radical (unpaired) electrons. The number of imidazole rings is 1. The molecule has 5 N–H and O–H groups in total. The van der Waals surface area contributed by atoms with Crippen LogP contribution in [0.15, 0.2) is 35.1 Å². The first-order valence-corrected chi connectivity index (χ1v) is 8.61. The number of anilines is 1. The van der Waals surface area contributed by atoms with Crippen LogP contribution < -0.4 is 16.6 Å². The lowest BCUT2D eigenvalue weighted by molar-refractivity contribution is 0.105. The topological polar surface area (TPSA) is 122 Å². The average Bonchev–Trinajstić information content (AvgIpc) is 2.91. The van der Waals surface area contributed by atoms with Crippen molar-refractivity contribution >= 4 is 17.1 Å². The Morgan fingerprint density at radius 3 is 2.54 bits per heavy atom. The summed E-state index contributed by atoms with van der Waals surface area (Å²) in [5.41, 5.74) is 6.96. The van der Waals surface area contributed by atoms with E-state index >= 15 is 0 Å². The van der Waals surface area contributed by atoms with Gasteiger partial charge in [-0.05, 0) is 26.3 Å². The quantitative estimate of drug-likeness (QED) is 0.526. The zero-order chi connectivity index (χ0) is 18.8. The number of hydrogen-bond donors (Lipinski definition) is 4. The summed E-state index contributed by atoms with van der Waals surface area (Å²) in [6.07, 6.45) is -0.724. The minimum absolute atomic E-state index is 0.0174. The van der Waals surface area contributed by atoms with E-state index in [1.807, 2.05) is 44.2 Å². The number of aliphatic hydroxyl groups is 1. The molecular formula is C18H24N6O2. The molecule has 0 saturated carbocycles. The molecule has 0 saturated heterocycles. The highest BCUT2D eigenvalue weighted by atomic mass is 16.3. The van der Waals surface area contributed by atoms with Crippen molar-refractivity contribution in [3.05, 3.63) is 52.1 Å². The average molecular weight is 356 g/mol. The third kappa shape index (κ3) is 3.61. The van der Waals surface area contributed by atoms with Gasteiger partial charge in [-0.3, -0.25) is 19.7 Å². The van der Waals surface area contributed by atoms with E-state index in [0.29, 0.717) is 17.9 Å². The van der Waals surface area contributed by atoms with Crippen molar-refractivity contribution in [2.75, 3.05) is 5.73 Å². The number of nitrogens with one attached hydrogen (secondary N) is 2. The number of aromatic amines is 1. The molecule has 2 atom stereocenters. The predicted octanol–water partition coefficient (Wildman–Crippen LogP) is 1.17. The van der Waals surface area contributed by atoms with Crippen LogP contribution in [0.25, 0.3) is 11.2 Å². The van der Waals surface area contributed by atoms with Gasteiger partial charge in [0.1, 0.15) is 12.0 Å². The van der Waals surface area contributed by atoms with Gasteiger partial charge in [-0.2, -0.15) is 4.98 Å². The Balaban J connectivity index is 2.22. The summed E-state index contributed by atoms with van der Waals surface area (Å²) in [5.74, 6) is 0.651. The Morgan fingerprint density at radius 1 is 1.23 bits per heavy atom. The molecule has 0 aliphatic rings. The van der Waals surface area contributed by atoms with Gasteiger partial charge in [-0.1, -0.05) is 30.3 Å². The first-order chi connectivity index (χ1) is 12.4. The lowest BCUT2D eigenvalue weighted by atomic mass is 10.1. The molecule has 3 rings (SSSR count). The van der Waals surface area contributed by atoms with Crippen molar-refractivity contribution in [1.82, 2.24) is 24.8 Å². The van der Waals surface area contributed by atoms with E-state index in [1.54, 1.807) is 11.5 Å². The van der Waals surface area contributed by atoms with E-state index in [0.717, 1.165) is 5.56 Å². The molecule has 8 heteroatoms. The number of aliphatic hydroxyl groups excluding tert-OH is 1. The monoisotopic (exact) mass is 356 g/mol. The number of nitrogens with two attached hydrogens (primary N) is 1. The summed E-state index contributed by atoms with van der Waals surface area (Å²) in [6.45, 7) is 5.66. The second kappa shape index (κ2) is 7.27. The zero-order valence-electron chi connectivity index (χ0n) is 15.1. The molecule has 2 heterocycles. The van der Waals surface area contributed by atoms with E-state index in [4.69, 9.17) is 5.73 Å². The molecule has 1 unspecified atom stereocenters. The third-order valence-corrected chi connectivity index (χ3v) is 4.09. The number of nitrogen functional groups attached to an aromatic ring is 1. The Kier molecular flexibility index (Phi) is 5.06. The molecule has 0 bridgehead atoms. The van der Waals surface area contributed by atoms with Crippen molar-refractivity contribution in [2.45, 2.75) is 45.5 Å². The van der Waals surface area contributed by atoms with Crippen LogP contribution in [0.5, 0.6) is 0 Å². The highest BCUT2D eigenvalue weighted by Crippen LogP contribution is 2.22. The van der Waals surface area contributed by atoms with E-state index in [2.05, 4.69) is 20.3 Å².